The first-order valence-electron chi connectivity index (χ1n) is 15.0. The van der Waals surface area contributed by atoms with Gasteiger partial charge < -0.3 is 14.4 Å². The van der Waals surface area contributed by atoms with Gasteiger partial charge in [0.15, 0.2) is 16.7 Å². The predicted molar refractivity (Wildman–Crippen MR) is 185 cm³/mol. The van der Waals surface area contributed by atoms with Gasteiger partial charge in [-0.15, -0.1) is 6.58 Å². The summed E-state index contributed by atoms with van der Waals surface area (Å²) in [6, 6.07) is 17.7. The highest BCUT2D eigenvalue weighted by Gasteiger charge is 2.32. The topological polar surface area (TPSA) is 54.4 Å². The molecule has 2 heterocycles. The van der Waals surface area contributed by atoms with Crippen molar-refractivity contribution in [3.8, 4) is 11.5 Å². The number of aliphatic imine (C=N–C) groups is 1. The summed E-state index contributed by atoms with van der Waals surface area (Å²) < 4.78 is 12.3. The molecule has 5 rings (SSSR count). The maximum Gasteiger partial charge on any atom is 0.266 e. The molecule has 0 N–H and O–H groups in total. The normalized spacial score (nSPS) is 17.0. The van der Waals surface area contributed by atoms with Gasteiger partial charge in [-0.2, -0.15) is 0 Å². The van der Waals surface area contributed by atoms with Gasteiger partial charge in [0, 0.05) is 30.9 Å². The smallest absolute Gasteiger partial charge is 0.266 e. The van der Waals surface area contributed by atoms with E-state index in [1.807, 2.05) is 56.3 Å². The molecule has 230 valence electrons. The fourth-order valence-corrected chi connectivity index (χ4v) is 6.69. The summed E-state index contributed by atoms with van der Waals surface area (Å²) in [5, 5.41) is 1.64. The van der Waals surface area contributed by atoms with Crippen LogP contribution in [0.15, 0.2) is 77.1 Å². The molecule has 3 aromatic carbocycles. The molecule has 44 heavy (non-hydrogen) atoms. The lowest BCUT2D eigenvalue weighted by atomic mass is 10.0. The van der Waals surface area contributed by atoms with Gasteiger partial charge in [0.2, 0.25) is 0 Å². The van der Waals surface area contributed by atoms with Crippen LogP contribution in [-0.4, -0.2) is 42.2 Å². The molecule has 6 nitrogen and oxygen atoms in total. The third-order valence-electron chi connectivity index (χ3n) is 7.48. The van der Waals surface area contributed by atoms with E-state index in [1.54, 1.807) is 17.0 Å². The predicted octanol–water partition coefficient (Wildman–Crippen LogP) is 9.31. The average molecular weight is 651 g/mol. The molecule has 0 radical (unpaired) electrons. The molecule has 9 heteroatoms. The minimum atomic E-state index is -0.0654. The fraction of sp³-hybridized carbons (Fsp3) is 0.314. The number of thioether (sulfide) groups is 1. The Labute approximate surface area is 274 Å². The van der Waals surface area contributed by atoms with E-state index in [4.69, 9.17) is 37.7 Å². The molecule has 2 aliphatic rings. The lowest BCUT2D eigenvalue weighted by Gasteiger charge is -2.28. The minimum Gasteiger partial charge on any atom is -0.490 e. The molecule has 0 bridgehead atoms. The Morgan fingerprint density at radius 2 is 1.75 bits per heavy atom. The van der Waals surface area contributed by atoms with Gasteiger partial charge in [-0.3, -0.25) is 9.69 Å². The summed E-state index contributed by atoms with van der Waals surface area (Å²) >= 11 is 13.7. The molecule has 2 saturated heterocycles. The van der Waals surface area contributed by atoms with E-state index >= 15 is 0 Å². The minimum absolute atomic E-state index is 0.0654. The second-order valence-electron chi connectivity index (χ2n) is 10.6. The first kappa shape index (κ1) is 32.0. The molecular weight excluding hydrogens is 613 g/mol. The van der Waals surface area contributed by atoms with E-state index in [9.17, 15) is 4.79 Å². The van der Waals surface area contributed by atoms with Crippen LogP contribution in [0.2, 0.25) is 10.0 Å². The molecule has 2 aliphatic heterocycles. The number of carbonyl (C=O) groups excluding carboxylic acids is 1. The van der Waals surface area contributed by atoms with E-state index in [2.05, 4.69) is 23.6 Å². The van der Waals surface area contributed by atoms with Crippen LogP contribution in [-0.2, 0) is 17.8 Å². The van der Waals surface area contributed by atoms with Gasteiger partial charge in [-0.05, 0) is 117 Å². The Bertz CT molecular complexity index is 1570. The van der Waals surface area contributed by atoms with Gasteiger partial charge in [-0.1, -0.05) is 35.3 Å². The zero-order valence-electron chi connectivity index (χ0n) is 25.2. The van der Waals surface area contributed by atoms with Crippen molar-refractivity contribution in [1.82, 2.24) is 4.90 Å². The highest BCUT2D eigenvalue weighted by molar-refractivity contribution is 8.18. The number of carbonyl (C=O) groups is 1. The molecular formula is C35H37Cl2N3O3S. The maximum absolute atomic E-state index is 13.5. The van der Waals surface area contributed by atoms with E-state index in [0.29, 0.717) is 57.8 Å². The number of benzene rings is 3. The summed E-state index contributed by atoms with van der Waals surface area (Å²) in [4.78, 5) is 23.1. The number of likely N-dealkylation sites (N-methyl/N-ethyl adjacent to an activating group) is 1. The zero-order valence-corrected chi connectivity index (χ0v) is 27.5. The van der Waals surface area contributed by atoms with Crippen molar-refractivity contribution in [2.45, 2.75) is 46.1 Å². The van der Waals surface area contributed by atoms with Gasteiger partial charge >= 0.3 is 0 Å². The van der Waals surface area contributed by atoms with Gasteiger partial charge in [-0.25, -0.2) is 4.99 Å². The Kier molecular flexibility index (Phi) is 11.0. The quantitative estimate of drug-likeness (QED) is 0.153. The van der Waals surface area contributed by atoms with Crippen molar-refractivity contribution in [2.75, 3.05) is 31.1 Å². The van der Waals surface area contributed by atoms with Crippen molar-refractivity contribution in [1.29, 1.82) is 0 Å². The third kappa shape index (κ3) is 7.63. The average Bonchev–Trinajstić information content (AvgIpc) is 3.32. The van der Waals surface area contributed by atoms with Gasteiger partial charge in [0.25, 0.3) is 5.91 Å². The molecule has 0 aliphatic carbocycles. The number of hydrogen-bond donors (Lipinski definition) is 0. The monoisotopic (exact) mass is 649 g/mol. The van der Waals surface area contributed by atoms with E-state index in [1.165, 1.54) is 36.7 Å². The molecule has 2 fully saturated rings. The highest BCUT2D eigenvalue weighted by Crippen LogP contribution is 2.39. The van der Waals surface area contributed by atoms with Crippen LogP contribution in [0.3, 0.4) is 0 Å². The summed E-state index contributed by atoms with van der Waals surface area (Å²) in [5.74, 6) is 1.17. The Balaban J connectivity index is 1.40. The number of amidine groups is 1. The number of ether oxygens (including phenoxy) is 2. The number of nitrogens with zero attached hydrogens (tertiary/aromatic N) is 3. The molecule has 0 spiro atoms. The number of halogens is 2. The molecule has 0 atom stereocenters. The second-order valence-corrected chi connectivity index (χ2v) is 12.4. The fourth-order valence-electron chi connectivity index (χ4n) is 5.31. The molecule has 0 saturated carbocycles. The number of piperidine rings is 1. The Morgan fingerprint density at radius 3 is 2.43 bits per heavy atom. The highest BCUT2D eigenvalue weighted by atomic mass is 35.5. The van der Waals surface area contributed by atoms with Crippen LogP contribution in [0.4, 0.5) is 11.4 Å². The second kappa shape index (κ2) is 15.1. The van der Waals surface area contributed by atoms with Crippen LogP contribution in [0.5, 0.6) is 11.5 Å². The number of amides is 1. The zero-order chi connectivity index (χ0) is 31.1. The molecule has 0 unspecified atom stereocenters. The van der Waals surface area contributed by atoms with E-state index < -0.39 is 0 Å². The standard InChI is InChI=1S/C35H37Cl2N3O3S/c1-4-10-26-19-25(21-31(42-6-3)33(26)43-23-24-11-16-29(36)30(37)20-24)22-32-34(41)40(5-2)35(44-32)38-27-12-14-28(15-13-27)39-17-8-7-9-18-39/h4,11-16,19-22H,1,5-10,17-18,23H2,2-3H3/b32-22-,38-35?. The van der Waals surface area contributed by atoms with Crippen LogP contribution in [0, 0.1) is 0 Å². The van der Waals surface area contributed by atoms with Crippen LogP contribution in [0.25, 0.3) is 6.08 Å². The summed E-state index contributed by atoms with van der Waals surface area (Å²) in [6.07, 6.45) is 8.06. The first-order valence-corrected chi connectivity index (χ1v) is 16.6. The van der Waals surface area contributed by atoms with Crippen molar-refractivity contribution in [2.24, 2.45) is 4.99 Å². The van der Waals surface area contributed by atoms with Crippen LogP contribution >= 0.6 is 35.0 Å². The van der Waals surface area contributed by atoms with Crippen LogP contribution in [0.1, 0.15) is 49.8 Å². The number of allylic oxidation sites excluding steroid dienone is 1. The molecule has 0 aromatic heterocycles. The lowest BCUT2D eigenvalue weighted by molar-refractivity contribution is -0.122. The largest absolute Gasteiger partial charge is 0.490 e. The summed E-state index contributed by atoms with van der Waals surface area (Å²) in [6.45, 7) is 11.3. The Hall–Kier alpha value is -3.39. The van der Waals surface area contributed by atoms with Gasteiger partial charge in [0.1, 0.15) is 6.61 Å². The van der Waals surface area contributed by atoms with E-state index in [0.717, 1.165) is 35.5 Å². The number of hydrogen-bond acceptors (Lipinski definition) is 6. The maximum atomic E-state index is 13.5. The number of anilines is 1. The van der Waals surface area contributed by atoms with Crippen molar-refractivity contribution in [3.05, 3.63) is 98.9 Å². The number of rotatable bonds is 11. The molecule has 1 amide bonds. The summed E-state index contributed by atoms with van der Waals surface area (Å²) in [7, 11) is 0. The van der Waals surface area contributed by atoms with Crippen molar-refractivity contribution in [3.63, 3.8) is 0 Å². The SMILES string of the molecule is C=CCc1cc(/C=C2\SC(=Nc3ccc(N4CCCCC4)cc3)N(CC)C2=O)cc(OCC)c1OCc1ccc(Cl)c(Cl)c1. The van der Waals surface area contributed by atoms with Crippen LogP contribution < -0.4 is 14.4 Å². The Morgan fingerprint density at radius 1 is 0.977 bits per heavy atom. The summed E-state index contributed by atoms with van der Waals surface area (Å²) in [5.41, 5.74) is 4.69. The van der Waals surface area contributed by atoms with Gasteiger partial charge in [0.05, 0.1) is 27.2 Å². The lowest BCUT2D eigenvalue weighted by Crippen LogP contribution is -2.29. The van der Waals surface area contributed by atoms with Crippen molar-refractivity contribution >= 4 is 63.5 Å². The third-order valence-corrected chi connectivity index (χ3v) is 9.23. The van der Waals surface area contributed by atoms with E-state index in [-0.39, 0.29) is 5.91 Å². The molecule has 3 aromatic rings. The van der Waals surface area contributed by atoms with Crippen molar-refractivity contribution < 1.29 is 14.3 Å². The first-order chi connectivity index (χ1) is 21.4.